The van der Waals surface area contributed by atoms with Crippen LogP contribution in [0, 0.1) is 10.8 Å². The molecule has 0 aliphatic carbocycles. The van der Waals surface area contributed by atoms with Crippen LogP contribution in [0.15, 0.2) is 48.4 Å². The average Bonchev–Trinajstić information content (AvgIpc) is 2.93. The molecule has 0 fully saturated rings. The van der Waals surface area contributed by atoms with Gasteiger partial charge in [0, 0.05) is 42.0 Å². The number of hydrogen-bond donors (Lipinski definition) is 6. The van der Waals surface area contributed by atoms with Crippen LogP contribution in [0.4, 0.5) is 22.0 Å². The molecule has 1 aromatic heterocycles. The molecule has 7 N–H and O–H groups in total. The molecule has 12 nitrogen and oxygen atoms in total. The van der Waals surface area contributed by atoms with Gasteiger partial charge in [-0.1, -0.05) is 57.0 Å². The SMILES string of the molecule is C[C@@H]1CCNc2c(cnc(N)c2C(=N)c2ccc(NC(=O)NC(=[N-])/C=C(\[O-])C(C)(C)C)cc2)/C=C/CCOCCC(=O)N1. The van der Waals surface area contributed by atoms with E-state index < -0.39 is 17.3 Å². The summed E-state index contributed by atoms with van der Waals surface area (Å²) in [7, 11) is 0. The number of amides is 3. The molecular formula is C31H40N8O4-2. The summed E-state index contributed by atoms with van der Waals surface area (Å²) < 4.78 is 5.57. The predicted molar refractivity (Wildman–Crippen MR) is 169 cm³/mol. The number of carbonyl (C=O) groups is 2. The van der Waals surface area contributed by atoms with Crippen molar-refractivity contribution in [2.75, 3.05) is 36.1 Å². The molecule has 1 atom stereocenters. The zero-order valence-corrected chi connectivity index (χ0v) is 25.0. The minimum atomic E-state index is -0.733. The van der Waals surface area contributed by atoms with E-state index in [1.165, 1.54) is 0 Å². The lowest BCUT2D eigenvalue weighted by Crippen LogP contribution is -2.34. The summed E-state index contributed by atoms with van der Waals surface area (Å²) in [6.07, 6.45) is 8.06. The average molecular weight is 589 g/mol. The molecule has 0 unspecified atom stereocenters. The second-order valence-electron chi connectivity index (χ2n) is 11.3. The number of nitrogen functional groups attached to an aromatic ring is 1. The van der Waals surface area contributed by atoms with Gasteiger partial charge in [0.2, 0.25) is 11.9 Å². The lowest BCUT2D eigenvalue weighted by atomic mass is 9.93. The Morgan fingerprint density at radius 1 is 1.26 bits per heavy atom. The number of allylic oxidation sites excluding steroid dienone is 1. The minimum absolute atomic E-state index is 0.0615. The van der Waals surface area contributed by atoms with Crippen LogP contribution in [0.25, 0.3) is 11.5 Å². The van der Waals surface area contributed by atoms with Gasteiger partial charge in [-0.25, -0.2) is 4.98 Å². The smallest absolute Gasteiger partial charge is 0.241 e. The molecule has 1 aliphatic rings. The third kappa shape index (κ3) is 9.96. The van der Waals surface area contributed by atoms with Gasteiger partial charge >= 0.3 is 0 Å². The zero-order valence-electron chi connectivity index (χ0n) is 25.0. The van der Waals surface area contributed by atoms with Crippen molar-refractivity contribution < 1.29 is 19.4 Å². The maximum atomic E-state index is 12.3. The van der Waals surface area contributed by atoms with Gasteiger partial charge in [0.25, 0.3) is 0 Å². The van der Waals surface area contributed by atoms with Crippen molar-refractivity contribution in [2.45, 2.75) is 53.0 Å². The van der Waals surface area contributed by atoms with Crippen LogP contribution in [0.5, 0.6) is 0 Å². The molecule has 3 amide bonds. The standard InChI is InChI=1S/C31H41N8O4/c1-19-12-14-35-28-21(7-5-6-15-43-16-13-25(41)37-19)18-36-29(34)26(28)27(33)20-8-10-22(11-9-20)38-30(42)39-24(32)17-23(40)31(2,3)4/h5,7-11,17-19H,6,12-16H2,1-4H3,(H8-,32,33,34,35,36,37,38,39,40,41,42)/q-1/p-1/b7-5+/t19-/m1/s1. The normalized spacial score (nSPS) is 17.6. The van der Waals surface area contributed by atoms with Crippen molar-refractivity contribution in [3.8, 4) is 0 Å². The van der Waals surface area contributed by atoms with Crippen molar-refractivity contribution in [2.24, 2.45) is 5.41 Å². The first-order valence-electron chi connectivity index (χ1n) is 14.1. The number of carbonyl (C=O) groups excluding carboxylic acids is 2. The number of nitrogens with one attached hydrogen (secondary N) is 5. The summed E-state index contributed by atoms with van der Waals surface area (Å²) >= 11 is 0. The Hall–Kier alpha value is -4.71. The van der Waals surface area contributed by atoms with E-state index in [-0.39, 0.29) is 29.2 Å². The molecule has 1 aliphatic heterocycles. The molecule has 43 heavy (non-hydrogen) atoms. The van der Waals surface area contributed by atoms with E-state index >= 15 is 0 Å². The Balaban J connectivity index is 1.79. The predicted octanol–water partition coefficient (Wildman–Crippen LogP) is 3.59. The van der Waals surface area contributed by atoms with Gasteiger partial charge < -0.3 is 42.3 Å². The second kappa shape index (κ2) is 15.0. The quantitative estimate of drug-likeness (QED) is 0.178. The molecule has 12 heteroatoms. The van der Waals surface area contributed by atoms with E-state index in [0.717, 1.165) is 11.6 Å². The third-order valence-electron chi connectivity index (χ3n) is 6.55. The van der Waals surface area contributed by atoms with Gasteiger partial charge in [-0.3, -0.25) is 15.0 Å². The number of nitrogens with two attached hydrogens (primary N) is 1. The highest BCUT2D eigenvalue weighted by Crippen LogP contribution is 2.29. The third-order valence-corrected chi connectivity index (χ3v) is 6.55. The summed E-state index contributed by atoms with van der Waals surface area (Å²) in [5.41, 5.74) is 8.50. The van der Waals surface area contributed by atoms with Crippen LogP contribution in [0.1, 0.15) is 63.6 Å². The van der Waals surface area contributed by atoms with Crippen LogP contribution in [-0.4, -0.2) is 54.3 Å². The van der Waals surface area contributed by atoms with E-state index in [1.54, 1.807) is 51.2 Å². The van der Waals surface area contributed by atoms with E-state index in [1.807, 2.05) is 19.1 Å². The van der Waals surface area contributed by atoms with Crippen molar-refractivity contribution in [3.63, 3.8) is 0 Å². The highest BCUT2D eigenvalue weighted by Gasteiger charge is 2.19. The summed E-state index contributed by atoms with van der Waals surface area (Å²) in [5.74, 6) is -0.783. The molecule has 2 aromatic rings. The van der Waals surface area contributed by atoms with E-state index in [4.69, 9.17) is 15.9 Å². The van der Waals surface area contributed by atoms with Gasteiger partial charge in [-0.15, -0.1) is 5.76 Å². The molecule has 0 bridgehead atoms. The summed E-state index contributed by atoms with van der Waals surface area (Å²) in [6, 6.07) is 5.73. The van der Waals surface area contributed by atoms with Crippen molar-refractivity contribution in [3.05, 3.63) is 70.5 Å². The molecule has 0 spiro atoms. The number of nitrogens with zero attached hydrogens (tertiary/aromatic N) is 2. The van der Waals surface area contributed by atoms with Crippen LogP contribution < -0.4 is 32.1 Å². The van der Waals surface area contributed by atoms with Crippen LogP contribution in [0.3, 0.4) is 0 Å². The molecule has 0 radical (unpaired) electrons. The van der Waals surface area contributed by atoms with Crippen LogP contribution >= 0.6 is 0 Å². The number of amidine groups is 1. The maximum Gasteiger partial charge on any atom is 0.241 e. The summed E-state index contributed by atoms with van der Waals surface area (Å²) in [6.45, 7) is 8.38. The Morgan fingerprint density at radius 2 is 1.98 bits per heavy atom. The van der Waals surface area contributed by atoms with E-state index in [0.29, 0.717) is 61.5 Å². The maximum absolute atomic E-state index is 12.3. The number of hydrogen-bond acceptors (Lipinski definition) is 8. The van der Waals surface area contributed by atoms with Gasteiger partial charge in [0.05, 0.1) is 30.2 Å². The first-order chi connectivity index (χ1) is 20.3. The number of benzene rings is 1. The van der Waals surface area contributed by atoms with Crippen molar-refractivity contribution in [1.29, 1.82) is 5.41 Å². The monoisotopic (exact) mass is 588 g/mol. The summed E-state index contributed by atoms with van der Waals surface area (Å²) in [4.78, 5) is 28.8. The highest BCUT2D eigenvalue weighted by atomic mass is 16.5. The van der Waals surface area contributed by atoms with Gasteiger partial charge in [-0.05, 0) is 37.3 Å². The van der Waals surface area contributed by atoms with Crippen LogP contribution in [0.2, 0.25) is 0 Å². The molecular weight excluding hydrogens is 548 g/mol. The molecule has 230 valence electrons. The summed E-state index contributed by atoms with van der Waals surface area (Å²) in [5, 5.41) is 42.2. The number of fused-ring (bicyclic) bond motifs is 1. The Bertz CT molecular complexity index is 1390. The van der Waals surface area contributed by atoms with E-state index in [2.05, 4.69) is 26.3 Å². The lowest BCUT2D eigenvalue weighted by molar-refractivity contribution is -0.322. The fourth-order valence-corrected chi connectivity index (χ4v) is 4.09. The number of anilines is 3. The van der Waals surface area contributed by atoms with Gasteiger partial charge in [0.15, 0.2) is 0 Å². The fraction of sp³-hybridized carbons (Fsp3) is 0.387. The lowest BCUT2D eigenvalue weighted by Gasteiger charge is -2.29. The Kier molecular flexibility index (Phi) is 11.4. The van der Waals surface area contributed by atoms with Gasteiger partial charge in [-0.2, -0.15) is 0 Å². The molecule has 3 rings (SSSR count). The van der Waals surface area contributed by atoms with Crippen LogP contribution in [-0.2, 0) is 9.53 Å². The topological polar surface area (TPSA) is 200 Å². The van der Waals surface area contributed by atoms with Gasteiger partial charge in [0.1, 0.15) is 5.82 Å². The number of rotatable bonds is 4. The molecule has 0 saturated carbocycles. The largest absolute Gasteiger partial charge is 0.875 e. The number of pyridine rings is 1. The first kappa shape index (κ1) is 32.8. The molecule has 2 heterocycles. The zero-order chi connectivity index (χ0) is 31.6. The van der Waals surface area contributed by atoms with Crippen molar-refractivity contribution in [1.82, 2.24) is 15.6 Å². The fourth-order valence-electron chi connectivity index (χ4n) is 4.09. The molecule has 1 aromatic carbocycles. The van der Waals surface area contributed by atoms with E-state index in [9.17, 15) is 20.1 Å². The highest BCUT2D eigenvalue weighted by molar-refractivity contribution is 6.17. The second-order valence-corrected chi connectivity index (χ2v) is 11.3. The Morgan fingerprint density at radius 3 is 2.67 bits per heavy atom. The number of aromatic nitrogens is 1. The number of urea groups is 1. The number of ether oxygens (including phenoxy) is 1. The Labute approximate surface area is 252 Å². The first-order valence-corrected chi connectivity index (χ1v) is 14.1. The van der Waals surface area contributed by atoms with Crippen molar-refractivity contribution >= 4 is 46.8 Å². The minimum Gasteiger partial charge on any atom is -0.875 e. The molecule has 0 saturated heterocycles.